The highest BCUT2D eigenvalue weighted by Crippen LogP contribution is 2.45. The standard InChI is InChI=1S/C28H22N2S/c1-5-13-23(14-6-1)29(24-15-7-2-8-16-24)27-21-22-28(31-27)30(25-17-9-3-10-18-25)26-19-11-4-12-20-26/h1-22H. The van der Waals surface area contributed by atoms with Gasteiger partial charge < -0.3 is 9.80 Å². The molecule has 5 rings (SSSR count). The van der Waals surface area contributed by atoms with Gasteiger partial charge in [-0.25, -0.2) is 0 Å². The molecular weight excluding hydrogens is 396 g/mol. The summed E-state index contributed by atoms with van der Waals surface area (Å²) in [6.07, 6.45) is 0. The quantitative estimate of drug-likeness (QED) is 0.272. The van der Waals surface area contributed by atoms with Crippen LogP contribution in [0.25, 0.3) is 0 Å². The fourth-order valence-electron chi connectivity index (χ4n) is 3.67. The van der Waals surface area contributed by atoms with E-state index in [-0.39, 0.29) is 0 Å². The SMILES string of the molecule is c1ccc(N(c2ccccc2)c2ccc(N(c3ccccc3)c3ccccc3)s2)cc1. The number of benzene rings is 4. The van der Waals surface area contributed by atoms with Crippen LogP contribution in [0.3, 0.4) is 0 Å². The highest BCUT2D eigenvalue weighted by Gasteiger charge is 2.18. The number of nitrogens with zero attached hydrogens (tertiary/aromatic N) is 2. The van der Waals surface area contributed by atoms with Gasteiger partial charge in [0.05, 0.1) is 0 Å². The lowest BCUT2D eigenvalue weighted by Crippen LogP contribution is -2.08. The summed E-state index contributed by atoms with van der Waals surface area (Å²) in [6.45, 7) is 0. The predicted octanol–water partition coefficient (Wildman–Crippen LogP) is 8.69. The van der Waals surface area contributed by atoms with Crippen molar-refractivity contribution in [1.82, 2.24) is 0 Å². The van der Waals surface area contributed by atoms with Gasteiger partial charge in [-0.05, 0) is 60.7 Å². The summed E-state index contributed by atoms with van der Waals surface area (Å²) in [5, 5.41) is 2.34. The van der Waals surface area contributed by atoms with Crippen molar-refractivity contribution >= 4 is 44.1 Å². The van der Waals surface area contributed by atoms with Gasteiger partial charge in [-0.15, -0.1) is 0 Å². The van der Waals surface area contributed by atoms with Crippen LogP contribution in [0.1, 0.15) is 0 Å². The molecule has 0 N–H and O–H groups in total. The summed E-state index contributed by atoms with van der Waals surface area (Å²) in [4.78, 5) is 4.62. The molecule has 0 spiro atoms. The minimum Gasteiger partial charge on any atom is -0.302 e. The highest BCUT2D eigenvalue weighted by molar-refractivity contribution is 7.20. The normalized spacial score (nSPS) is 10.6. The van der Waals surface area contributed by atoms with Crippen LogP contribution >= 0.6 is 11.3 Å². The third kappa shape index (κ3) is 4.09. The van der Waals surface area contributed by atoms with Crippen molar-refractivity contribution in [3.63, 3.8) is 0 Å². The Balaban J connectivity index is 1.61. The third-order valence-corrected chi connectivity index (χ3v) is 6.13. The molecule has 0 fully saturated rings. The zero-order chi connectivity index (χ0) is 20.9. The Morgan fingerprint density at radius 2 is 0.581 bits per heavy atom. The molecule has 0 aliphatic carbocycles. The molecule has 0 saturated carbocycles. The van der Waals surface area contributed by atoms with Crippen LogP contribution in [0.2, 0.25) is 0 Å². The summed E-state index contributed by atoms with van der Waals surface area (Å²) < 4.78 is 0. The molecule has 0 unspecified atom stereocenters. The van der Waals surface area contributed by atoms with Crippen LogP contribution in [0.5, 0.6) is 0 Å². The average molecular weight is 419 g/mol. The summed E-state index contributed by atoms with van der Waals surface area (Å²) in [5.74, 6) is 0. The predicted molar refractivity (Wildman–Crippen MR) is 134 cm³/mol. The highest BCUT2D eigenvalue weighted by atomic mass is 32.1. The van der Waals surface area contributed by atoms with Crippen molar-refractivity contribution in [1.29, 1.82) is 0 Å². The van der Waals surface area contributed by atoms with Crippen molar-refractivity contribution in [2.45, 2.75) is 0 Å². The largest absolute Gasteiger partial charge is 0.302 e. The van der Waals surface area contributed by atoms with Gasteiger partial charge in [0.15, 0.2) is 0 Å². The minimum atomic E-state index is 1.15. The molecule has 2 nitrogen and oxygen atoms in total. The van der Waals surface area contributed by atoms with Crippen molar-refractivity contribution in [3.05, 3.63) is 133 Å². The Hall–Kier alpha value is -3.82. The first kappa shape index (κ1) is 19.2. The van der Waals surface area contributed by atoms with E-state index in [1.165, 1.54) is 10.0 Å². The number of hydrogen-bond donors (Lipinski definition) is 0. The summed E-state index contributed by atoms with van der Waals surface area (Å²) in [5.41, 5.74) is 4.59. The number of hydrogen-bond acceptors (Lipinski definition) is 3. The second kappa shape index (κ2) is 8.90. The van der Waals surface area contributed by atoms with Gasteiger partial charge in [-0.1, -0.05) is 84.1 Å². The number of rotatable bonds is 6. The molecule has 0 atom stereocenters. The van der Waals surface area contributed by atoms with Gasteiger partial charge in [-0.3, -0.25) is 0 Å². The molecule has 3 heteroatoms. The maximum absolute atomic E-state index is 2.31. The fourth-order valence-corrected chi connectivity index (χ4v) is 4.76. The molecular formula is C28H22N2S. The van der Waals surface area contributed by atoms with E-state index in [4.69, 9.17) is 0 Å². The second-order valence-corrected chi connectivity index (χ2v) is 8.17. The fraction of sp³-hybridized carbons (Fsp3) is 0. The summed E-state index contributed by atoms with van der Waals surface area (Å²) in [7, 11) is 0. The Morgan fingerprint density at radius 3 is 0.839 bits per heavy atom. The van der Waals surface area contributed by atoms with Crippen molar-refractivity contribution in [3.8, 4) is 0 Å². The van der Waals surface area contributed by atoms with E-state index in [1.54, 1.807) is 11.3 Å². The van der Waals surface area contributed by atoms with Gasteiger partial charge in [-0.2, -0.15) is 0 Å². The average Bonchev–Trinajstić information content (AvgIpc) is 3.31. The van der Waals surface area contributed by atoms with Crippen LogP contribution in [0.15, 0.2) is 133 Å². The number of anilines is 6. The maximum atomic E-state index is 2.31. The van der Waals surface area contributed by atoms with E-state index in [2.05, 4.69) is 143 Å². The monoisotopic (exact) mass is 418 g/mol. The molecule has 31 heavy (non-hydrogen) atoms. The zero-order valence-electron chi connectivity index (χ0n) is 17.0. The molecule has 0 aliphatic heterocycles. The van der Waals surface area contributed by atoms with E-state index in [0.29, 0.717) is 0 Å². The third-order valence-electron chi connectivity index (χ3n) is 5.08. The van der Waals surface area contributed by atoms with E-state index in [0.717, 1.165) is 22.7 Å². The maximum Gasteiger partial charge on any atom is 0.102 e. The first-order valence-corrected chi connectivity index (χ1v) is 11.1. The van der Waals surface area contributed by atoms with Crippen LogP contribution < -0.4 is 9.80 Å². The first-order chi connectivity index (χ1) is 15.4. The van der Waals surface area contributed by atoms with Gasteiger partial charge in [0.1, 0.15) is 10.0 Å². The molecule has 5 aromatic rings. The Kier molecular flexibility index (Phi) is 5.50. The summed E-state index contributed by atoms with van der Waals surface area (Å²) in [6, 6.07) is 46.5. The lowest BCUT2D eigenvalue weighted by molar-refractivity contribution is 1.31. The lowest BCUT2D eigenvalue weighted by Gasteiger charge is -2.25. The van der Waals surface area contributed by atoms with Gasteiger partial charge in [0.25, 0.3) is 0 Å². The molecule has 1 aromatic heterocycles. The Labute approximate surface area is 187 Å². The van der Waals surface area contributed by atoms with E-state index in [1.807, 2.05) is 0 Å². The van der Waals surface area contributed by atoms with Crippen LogP contribution in [-0.2, 0) is 0 Å². The van der Waals surface area contributed by atoms with Crippen molar-refractivity contribution in [2.24, 2.45) is 0 Å². The second-order valence-electron chi connectivity index (χ2n) is 7.12. The van der Waals surface area contributed by atoms with Gasteiger partial charge in [0.2, 0.25) is 0 Å². The van der Waals surface area contributed by atoms with Crippen molar-refractivity contribution in [2.75, 3.05) is 9.80 Å². The topological polar surface area (TPSA) is 6.48 Å². The van der Waals surface area contributed by atoms with E-state index >= 15 is 0 Å². The molecule has 0 bridgehead atoms. The molecule has 4 aromatic carbocycles. The molecule has 150 valence electrons. The number of para-hydroxylation sites is 4. The van der Waals surface area contributed by atoms with E-state index < -0.39 is 0 Å². The Morgan fingerprint density at radius 1 is 0.323 bits per heavy atom. The summed E-state index contributed by atoms with van der Waals surface area (Å²) >= 11 is 1.78. The zero-order valence-corrected chi connectivity index (χ0v) is 17.8. The van der Waals surface area contributed by atoms with Crippen LogP contribution in [0.4, 0.5) is 32.8 Å². The van der Waals surface area contributed by atoms with E-state index in [9.17, 15) is 0 Å². The molecule has 0 aliphatic rings. The molecule has 0 radical (unpaired) electrons. The minimum absolute atomic E-state index is 1.15. The van der Waals surface area contributed by atoms with Gasteiger partial charge in [0, 0.05) is 22.7 Å². The molecule has 0 saturated heterocycles. The Bertz CT molecular complexity index is 1040. The van der Waals surface area contributed by atoms with Gasteiger partial charge >= 0.3 is 0 Å². The first-order valence-electron chi connectivity index (χ1n) is 10.3. The van der Waals surface area contributed by atoms with Crippen LogP contribution in [0, 0.1) is 0 Å². The smallest absolute Gasteiger partial charge is 0.102 e. The van der Waals surface area contributed by atoms with Crippen LogP contribution in [-0.4, -0.2) is 0 Å². The lowest BCUT2D eigenvalue weighted by atomic mass is 10.2. The number of thiophene rings is 1. The van der Waals surface area contributed by atoms with Crippen molar-refractivity contribution < 1.29 is 0 Å². The molecule has 0 amide bonds. The molecule has 1 heterocycles.